The second-order valence-electron chi connectivity index (χ2n) is 3.86. The van der Waals surface area contributed by atoms with Crippen LogP contribution in [0.3, 0.4) is 0 Å². The van der Waals surface area contributed by atoms with Crippen molar-refractivity contribution < 1.29 is 5.11 Å². The summed E-state index contributed by atoms with van der Waals surface area (Å²) in [6.45, 7) is 2.01. The van der Waals surface area contributed by atoms with Crippen molar-refractivity contribution in [3.8, 4) is 0 Å². The fourth-order valence-corrected chi connectivity index (χ4v) is 1.49. The number of nitrogens with zero attached hydrogens (tertiary/aromatic N) is 1. The molecule has 2 nitrogen and oxygen atoms in total. The molecule has 2 heteroatoms. The average Bonchev–Trinajstić information content (AvgIpc) is 2.24. The lowest BCUT2D eigenvalue weighted by atomic mass is 9.92. The lowest BCUT2D eigenvalue weighted by Crippen LogP contribution is -2.39. The molecule has 0 saturated carbocycles. The minimum atomic E-state index is -1.33. The van der Waals surface area contributed by atoms with Crippen LogP contribution in [0.25, 0.3) is 0 Å². The predicted octanol–water partition coefficient (Wildman–Crippen LogP) is 1.33. The van der Waals surface area contributed by atoms with Crippen LogP contribution in [0, 0.1) is 13.0 Å². The van der Waals surface area contributed by atoms with Gasteiger partial charge in [0.1, 0.15) is 0 Å². The highest BCUT2D eigenvalue weighted by Gasteiger charge is 2.28. The lowest BCUT2D eigenvalue weighted by molar-refractivity contribution is -0.453. The van der Waals surface area contributed by atoms with E-state index in [0.29, 0.717) is 0 Å². The van der Waals surface area contributed by atoms with Crippen LogP contribution >= 0.6 is 0 Å². The SMILES string of the molecule is Cc1ccc(C2([O-])[C+]=CN(C)C=C2)cc1. The molecule has 1 aliphatic rings. The van der Waals surface area contributed by atoms with Crippen molar-refractivity contribution in [3.63, 3.8) is 0 Å². The Bertz CT molecular complexity index is 389. The zero-order valence-corrected chi connectivity index (χ0v) is 8.90. The molecule has 1 aromatic rings. The van der Waals surface area contributed by atoms with Gasteiger partial charge in [-0.15, -0.1) is 0 Å². The first-order chi connectivity index (χ1) is 7.10. The summed E-state index contributed by atoms with van der Waals surface area (Å²) in [7, 11) is 1.87. The van der Waals surface area contributed by atoms with E-state index in [2.05, 4.69) is 6.08 Å². The van der Waals surface area contributed by atoms with Gasteiger partial charge in [-0.2, -0.15) is 0 Å². The summed E-state index contributed by atoms with van der Waals surface area (Å²) in [5.41, 5.74) is 0.553. The van der Waals surface area contributed by atoms with Gasteiger partial charge in [0, 0.05) is 18.8 Å². The molecule has 0 aliphatic carbocycles. The topological polar surface area (TPSA) is 26.3 Å². The van der Waals surface area contributed by atoms with Crippen molar-refractivity contribution in [1.29, 1.82) is 0 Å². The molecule has 1 atom stereocenters. The Morgan fingerprint density at radius 2 is 1.93 bits per heavy atom. The zero-order chi connectivity index (χ0) is 10.9. The Labute approximate surface area is 90.2 Å². The molecule has 0 fully saturated rings. The van der Waals surface area contributed by atoms with Gasteiger partial charge in [-0.05, 0) is 13.0 Å². The molecule has 2 rings (SSSR count). The summed E-state index contributed by atoms with van der Waals surface area (Å²) in [6, 6.07) is 7.61. The Hall–Kier alpha value is -1.63. The van der Waals surface area contributed by atoms with Crippen molar-refractivity contribution in [2.24, 2.45) is 0 Å². The van der Waals surface area contributed by atoms with Crippen LogP contribution in [0.2, 0.25) is 0 Å². The average molecular weight is 199 g/mol. The first-order valence-electron chi connectivity index (χ1n) is 4.90. The maximum Gasteiger partial charge on any atom is 0.247 e. The van der Waals surface area contributed by atoms with Gasteiger partial charge in [-0.1, -0.05) is 29.8 Å². The van der Waals surface area contributed by atoms with E-state index in [0.717, 1.165) is 11.1 Å². The van der Waals surface area contributed by atoms with Crippen molar-refractivity contribution >= 4 is 0 Å². The largest absolute Gasteiger partial charge is 0.797 e. The van der Waals surface area contributed by atoms with Gasteiger partial charge in [0.25, 0.3) is 0 Å². The van der Waals surface area contributed by atoms with E-state index in [1.54, 1.807) is 18.5 Å². The van der Waals surface area contributed by atoms with Crippen molar-refractivity contribution in [3.05, 3.63) is 59.9 Å². The maximum absolute atomic E-state index is 12.3. The predicted molar refractivity (Wildman–Crippen MR) is 57.6 cm³/mol. The van der Waals surface area contributed by atoms with E-state index in [9.17, 15) is 5.11 Å². The maximum atomic E-state index is 12.3. The van der Waals surface area contributed by atoms with Gasteiger partial charge in [0.05, 0.1) is 0 Å². The van der Waals surface area contributed by atoms with Crippen LogP contribution in [0.15, 0.2) is 42.7 Å². The fourth-order valence-electron chi connectivity index (χ4n) is 1.49. The molecule has 0 spiro atoms. The van der Waals surface area contributed by atoms with Gasteiger partial charge in [0.15, 0.2) is 5.60 Å². The first-order valence-corrected chi connectivity index (χ1v) is 4.90. The summed E-state index contributed by atoms with van der Waals surface area (Å²) >= 11 is 0. The molecule has 76 valence electrons. The van der Waals surface area contributed by atoms with Crippen LogP contribution < -0.4 is 5.11 Å². The van der Waals surface area contributed by atoms with E-state index in [1.807, 2.05) is 43.1 Å². The van der Waals surface area contributed by atoms with Gasteiger partial charge in [-0.3, -0.25) is 0 Å². The third kappa shape index (κ3) is 1.91. The fraction of sp³-hybridized carbons (Fsp3) is 0.231. The molecule has 0 bridgehead atoms. The molecule has 1 aromatic carbocycles. The van der Waals surface area contributed by atoms with E-state index in [-0.39, 0.29) is 0 Å². The summed E-state index contributed by atoms with van der Waals surface area (Å²) in [4.78, 5) is 1.81. The smallest absolute Gasteiger partial charge is 0.247 e. The highest BCUT2D eigenvalue weighted by atomic mass is 16.3. The molecule has 15 heavy (non-hydrogen) atoms. The van der Waals surface area contributed by atoms with Gasteiger partial charge < -0.3 is 10.0 Å². The number of hydrogen-bond donors (Lipinski definition) is 0. The lowest BCUT2D eigenvalue weighted by Gasteiger charge is -2.25. The van der Waals surface area contributed by atoms with Crippen molar-refractivity contribution in [2.45, 2.75) is 12.5 Å². The Morgan fingerprint density at radius 1 is 1.27 bits per heavy atom. The summed E-state index contributed by atoms with van der Waals surface area (Å²) in [5, 5.41) is 12.3. The quantitative estimate of drug-likeness (QED) is 0.638. The Kier molecular flexibility index (Phi) is 2.31. The van der Waals surface area contributed by atoms with Crippen LogP contribution in [0.5, 0.6) is 0 Å². The van der Waals surface area contributed by atoms with Gasteiger partial charge in [0.2, 0.25) is 12.3 Å². The van der Waals surface area contributed by atoms with E-state index in [4.69, 9.17) is 0 Å². The van der Waals surface area contributed by atoms with Crippen molar-refractivity contribution in [1.82, 2.24) is 4.90 Å². The molecular formula is C13H13NO. The summed E-state index contributed by atoms with van der Waals surface area (Å²) < 4.78 is 0. The van der Waals surface area contributed by atoms with Crippen LogP contribution in [0.1, 0.15) is 11.1 Å². The second-order valence-corrected chi connectivity index (χ2v) is 3.86. The number of aryl methyl sites for hydroxylation is 1. The number of hydrogen-bond acceptors (Lipinski definition) is 2. The third-order valence-corrected chi connectivity index (χ3v) is 2.51. The summed E-state index contributed by atoms with van der Waals surface area (Å²) in [5.74, 6) is 0. The molecule has 0 aromatic heterocycles. The molecular weight excluding hydrogens is 186 g/mol. The Balaban J connectivity index is 2.34. The third-order valence-electron chi connectivity index (χ3n) is 2.51. The van der Waals surface area contributed by atoms with Crippen LogP contribution in [-0.2, 0) is 5.60 Å². The minimum absolute atomic E-state index is 0.730. The van der Waals surface area contributed by atoms with Crippen molar-refractivity contribution in [2.75, 3.05) is 7.05 Å². The van der Waals surface area contributed by atoms with Crippen LogP contribution in [-0.4, -0.2) is 11.9 Å². The molecule has 1 unspecified atom stereocenters. The standard InChI is InChI=1S/C13H13NO/c1-11-3-5-12(6-4-11)13(15)7-9-14(2)10-8-13/h3-7,9-10H,1-2H3. The second kappa shape index (κ2) is 3.50. The van der Waals surface area contributed by atoms with Crippen LogP contribution in [0.4, 0.5) is 0 Å². The number of benzene rings is 1. The normalized spacial score (nSPS) is 24.1. The Morgan fingerprint density at radius 3 is 2.47 bits per heavy atom. The first kappa shape index (κ1) is 9.91. The number of rotatable bonds is 1. The molecule has 0 saturated heterocycles. The molecule has 0 radical (unpaired) electrons. The monoisotopic (exact) mass is 199 g/mol. The molecule has 1 aliphatic heterocycles. The minimum Gasteiger partial charge on any atom is -0.797 e. The van der Waals surface area contributed by atoms with E-state index < -0.39 is 5.60 Å². The summed E-state index contributed by atoms with van der Waals surface area (Å²) in [6.07, 6.45) is 7.90. The van der Waals surface area contributed by atoms with Gasteiger partial charge in [-0.25, -0.2) is 0 Å². The molecule has 1 heterocycles. The highest BCUT2D eigenvalue weighted by Crippen LogP contribution is 2.23. The van der Waals surface area contributed by atoms with E-state index in [1.165, 1.54) is 0 Å². The van der Waals surface area contributed by atoms with E-state index >= 15 is 0 Å². The zero-order valence-electron chi connectivity index (χ0n) is 8.90. The highest BCUT2D eigenvalue weighted by molar-refractivity contribution is 5.33. The molecule has 0 N–H and O–H groups in total. The van der Waals surface area contributed by atoms with Gasteiger partial charge >= 0.3 is 0 Å². The molecule has 0 amide bonds.